The van der Waals surface area contributed by atoms with E-state index in [-0.39, 0.29) is 0 Å². The van der Waals surface area contributed by atoms with Gasteiger partial charge < -0.3 is 0 Å². The molecule has 0 aliphatic rings. The fourth-order valence-corrected chi connectivity index (χ4v) is 2.95. The molecule has 2 rings (SSSR count). The van der Waals surface area contributed by atoms with Gasteiger partial charge >= 0.3 is 0 Å². The Morgan fingerprint density at radius 1 is 0.700 bits per heavy atom. The molecule has 0 atom stereocenters. The molecule has 0 amide bonds. The number of fused-ring (bicyclic) bond motifs is 1. The molecule has 0 saturated heterocycles. The van der Waals surface area contributed by atoms with Gasteiger partial charge in [-0.1, -0.05) is 37.8 Å². The lowest BCUT2D eigenvalue weighted by Gasteiger charge is -2.07. The first kappa shape index (κ1) is 16.8. The molecule has 0 aromatic heterocycles. The van der Waals surface area contributed by atoms with Crippen LogP contribution in [-0.2, 0) is 0 Å². The van der Waals surface area contributed by atoms with Gasteiger partial charge in [-0.3, -0.25) is 0 Å². The van der Waals surface area contributed by atoms with Crippen molar-refractivity contribution in [1.82, 2.24) is 0 Å². The Morgan fingerprint density at radius 2 is 1.05 bits per heavy atom. The Hall–Kier alpha value is -1.22. The summed E-state index contributed by atoms with van der Waals surface area (Å²) in [5.41, 5.74) is 2.01. The van der Waals surface area contributed by atoms with Crippen LogP contribution < -0.4 is 0 Å². The van der Waals surface area contributed by atoms with Gasteiger partial charge in [-0.25, -0.2) is 0 Å². The molecule has 0 N–H and O–H groups in total. The summed E-state index contributed by atoms with van der Waals surface area (Å²) in [6.07, 6.45) is 0. The summed E-state index contributed by atoms with van der Waals surface area (Å²) in [6, 6.07) is 8.20. The van der Waals surface area contributed by atoms with E-state index < -0.39 is 0 Å². The van der Waals surface area contributed by atoms with Gasteiger partial charge in [-0.2, -0.15) is 0 Å². The highest BCUT2D eigenvalue weighted by molar-refractivity contribution is 9.11. The molecule has 0 bridgehead atoms. The van der Waals surface area contributed by atoms with Crippen LogP contribution in [0.4, 0.5) is 0 Å². The van der Waals surface area contributed by atoms with Crippen LogP contribution in [0.1, 0.15) is 38.8 Å². The maximum Gasteiger partial charge on any atom is 0.0410 e. The first-order valence-electron chi connectivity index (χ1n) is 6.45. The van der Waals surface area contributed by atoms with E-state index in [9.17, 15) is 0 Å². The van der Waals surface area contributed by atoms with Crippen molar-refractivity contribution < 1.29 is 0 Å². The quantitative estimate of drug-likeness (QED) is 0.473. The first-order valence-corrected chi connectivity index (χ1v) is 8.04. The summed E-state index contributed by atoms with van der Waals surface area (Å²) >= 11 is 7.24. The Bertz CT molecular complexity index is 670. The van der Waals surface area contributed by atoms with Crippen molar-refractivity contribution in [1.29, 1.82) is 0 Å². The van der Waals surface area contributed by atoms with Crippen LogP contribution in [0.2, 0.25) is 0 Å². The lowest BCUT2D eigenvalue weighted by atomic mass is 10.0. The number of benzene rings is 2. The van der Waals surface area contributed by atoms with Crippen LogP contribution >= 0.6 is 31.9 Å². The van der Waals surface area contributed by atoms with Gasteiger partial charge in [-0.15, -0.1) is 11.8 Å². The van der Waals surface area contributed by atoms with Crippen molar-refractivity contribution in [3.05, 3.63) is 44.3 Å². The van der Waals surface area contributed by atoms with Crippen LogP contribution in [0.5, 0.6) is 0 Å². The normalized spacial score (nSPS) is 8.70. The Labute approximate surface area is 138 Å². The van der Waals surface area contributed by atoms with E-state index in [0.717, 1.165) is 30.8 Å². The Balaban J connectivity index is 0.000000956. The van der Waals surface area contributed by atoms with Crippen molar-refractivity contribution in [2.75, 3.05) is 0 Å². The van der Waals surface area contributed by atoms with Crippen molar-refractivity contribution in [3.63, 3.8) is 0 Å². The maximum atomic E-state index is 3.62. The maximum absolute atomic E-state index is 3.62. The third-order valence-corrected chi connectivity index (χ3v) is 4.30. The molecule has 2 heteroatoms. The van der Waals surface area contributed by atoms with Gasteiger partial charge in [0.25, 0.3) is 0 Å². The zero-order valence-electron chi connectivity index (χ0n) is 12.1. The van der Waals surface area contributed by atoms with Crippen LogP contribution in [0.25, 0.3) is 10.8 Å². The molecule has 2 aromatic carbocycles. The summed E-state index contributed by atoms with van der Waals surface area (Å²) in [6.45, 7) is 7.68. The minimum absolute atomic E-state index is 1.01. The SMILES string of the molecule is CC.CC#Cc1ccc2c(Br)c(C#CC)ccc2c1Br. The molecule has 0 aliphatic heterocycles. The molecule has 0 saturated carbocycles. The van der Waals surface area contributed by atoms with Gasteiger partial charge in [0.05, 0.1) is 0 Å². The van der Waals surface area contributed by atoms with E-state index in [4.69, 9.17) is 0 Å². The van der Waals surface area contributed by atoms with Gasteiger partial charge in [0.1, 0.15) is 0 Å². The Morgan fingerprint density at radius 3 is 1.35 bits per heavy atom. The largest absolute Gasteiger partial charge is 0.101 e. The van der Waals surface area contributed by atoms with Crippen molar-refractivity contribution >= 4 is 42.6 Å². The minimum atomic E-state index is 1.01. The van der Waals surface area contributed by atoms with Crippen molar-refractivity contribution in [2.24, 2.45) is 0 Å². The molecule has 2 aromatic rings. The van der Waals surface area contributed by atoms with Crippen molar-refractivity contribution in [2.45, 2.75) is 27.7 Å². The lowest BCUT2D eigenvalue weighted by Crippen LogP contribution is -1.85. The zero-order chi connectivity index (χ0) is 15.1. The summed E-state index contributed by atoms with van der Waals surface area (Å²) in [5.74, 6) is 12.0. The van der Waals surface area contributed by atoms with E-state index >= 15 is 0 Å². The number of hydrogen-bond donors (Lipinski definition) is 0. The molecule has 0 unspecified atom stereocenters. The minimum Gasteiger partial charge on any atom is -0.101 e. The third kappa shape index (κ3) is 3.45. The molecule has 0 aliphatic carbocycles. The highest BCUT2D eigenvalue weighted by atomic mass is 79.9. The molecule has 102 valence electrons. The number of halogens is 2. The topological polar surface area (TPSA) is 0 Å². The van der Waals surface area contributed by atoms with Gasteiger partial charge in [-0.05, 0) is 68.6 Å². The van der Waals surface area contributed by atoms with E-state index in [0.29, 0.717) is 0 Å². The molecule has 0 spiro atoms. The van der Waals surface area contributed by atoms with E-state index in [2.05, 4.69) is 67.7 Å². The molecule has 20 heavy (non-hydrogen) atoms. The second-order valence-corrected chi connectivity index (χ2v) is 5.29. The smallest absolute Gasteiger partial charge is 0.0410 e. The summed E-state index contributed by atoms with van der Waals surface area (Å²) in [5, 5.41) is 2.28. The highest BCUT2D eigenvalue weighted by Gasteiger charge is 2.08. The fourth-order valence-electron chi connectivity index (χ4n) is 1.79. The van der Waals surface area contributed by atoms with Crippen LogP contribution in [0.15, 0.2) is 33.2 Å². The highest BCUT2D eigenvalue weighted by Crippen LogP contribution is 2.33. The molecule has 0 radical (unpaired) electrons. The lowest BCUT2D eigenvalue weighted by molar-refractivity contribution is 1.50. The van der Waals surface area contributed by atoms with Crippen LogP contribution in [0, 0.1) is 23.7 Å². The summed E-state index contributed by atoms with van der Waals surface area (Å²) in [4.78, 5) is 0. The molecule has 0 heterocycles. The molecule has 0 fully saturated rings. The predicted molar refractivity (Wildman–Crippen MR) is 95.8 cm³/mol. The first-order chi connectivity index (χ1) is 9.69. The van der Waals surface area contributed by atoms with Crippen molar-refractivity contribution in [3.8, 4) is 23.7 Å². The standard InChI is InChI=1S/C16H10Br2.C2H6/c1-3-5-11-7-9-14-13(15(11)17)10-8-12(6-4-2)16(14)18;1-2/h7-10H,1-2H3;1-2H3. The number of hydrogen-bond acceptors (Lipinski definition) is 0. The van der Waals surface area contributed by atoms with E-state index in [1.165, 1.54) is 0 Å². The monoisotopic (exact) mass is 390 g/mol. The fraction of sp³-hybridized carbons (Fsp3) is 0.222. The van der Waals surface area contributed by atoms with Crippen LogP contribution in [-0.4, -0.2) is 0 Å². The molecular formula is C18H16Br2. The average molecular weight is 392 g/mol. The van der Waals surface area contributed by atoms with Gasteiger partial charge in [0.15, 0.2) is 0 Å². The Kier molecular flexibility index (Phi) is 6.86. The zero-order valence-corrected chi connectivity index (χ0v) is 15.2. The third-order valence-electron chi connectivity index (χ3n) is 2.59. The second-order valence-electron chi connectivity index (χ2n) is 3.70. The van der Waals surface area contributed by atoms with E-state index in [1.807, 2.05) is 39.8 Å². The van der Waals surface area contributed by atoms with Gasteiger partial charge in [0.2, 0.25) is 0 Å². The summed E-state index contributed by atoms with van der Waals surface area (Å²) in [7, 11) is 0. The second kappa shape index (κ2) is 8.15. The summed E-state index contributed by atoms with van der Waals surface area (Å²) < 4.78 is 2.07. The van der Waals surface area contributed by atoms with Crippen LogP contribution in [0.3, 0.4) is 0 Å². The molecular weight excluding hydrogens is 376 g/mol. The predicted octanol–water partition coefficient (Wildman–Crippen LogP) is 6.13. The molecule has 0 nitrogen and oxygen atoms in total. The van der Waals surface area contributed by atoms with Gasteiger partial charge in [0, 0.05) is 20.1 Å². The number of rotatable bonds is 0. The average Bonchev–Trinajstić information content (AvgIpc) is 2.47. The van der Waals surface area contributed by atoms with E-state index in [1.54, 1.807) is 0 Å².